The van der Waals surface area contributed by atoms with Crippen molar-refractivity contribution in [3.05, 3.63) is 77.4 Å². The number of morpholine rings is 1. The van der Waals surface area contributed by atoms with Crippen LogP contribution >= 0.6 is 0 Å². The number of hydrogen-bond acceptors (Lipinski definition) is 5. The number of anilines is 1. The number of para-hydroxylation sites is 1. The molecule has 6 nitrogen and oxygen atoms in total. The van der Waals surface area contributed by atoms with Gasteiger partial charge in [0.05, 0.1) is 6.61 Å². The second kappa shape index (κ2) is 10.4. The van der Waals surface area contributed by atoms with E-state index in [4.69, 9.17) is 4.74 Å². The van der Waals surface area contributed by atoms with E-state index in [1.165, 1.54) is 12.1 Å². The molecule has 1 heterocycles. The number of hydrogen-bond donors (Lipinski definition) is 2. The minimum atomic E-state index is -0.237. The number of quaternary nitrogens is 1. The predicted octanol–water partition coefficient (Wildman–Crippen LogP) is 1.96. The number of nitriles is 2. The number of nitrogens with zero attached hydrogens (tertiary/aromatic N) is 3. The van der Waals surface area contributed by atoms with Gasteiger partial charge >= 0.3 is 0 Å². The molecule has 0 saturated carbocycles. The summed E-state index contributed by atoms with van der Waals surface area (Å²) in [5.41, 5.74) is 1.90. The third-order valence-corrected chi connectivity index (χ3v) is 4.67. The van der Waals surface area contributed by atoms with E-state index in [0.717, 1.165) is 30.9 Å². The normalized spacial score (nSPS) is 16.4. The summed E-state index contributed by atoms with van der Waals surface area (Å²) >= 11 is 0. The lowest BCUT2D eigenvalue weighted by molar-refractivity contribution is -0.613. The number of halogens is 1. The largest absolute Gasteiger partial charge is 0.370 e. The summed E-state index contributed by atoms with van der Waals surface area (Å²) in [6, 6.07) is 19.9. The summed E-state index contributed by atoms with van der Waals surface area (Å²) in [6.07, 6.45) is -0.0459. The van der Waals surface area contributed by atoms with Crippen LogP contribution in [0, 0.1) is 28.5 Å². The van der Waals surface area contributed by atoms with E-state index in [-0.39, 0.29) is 17.5 Å². The van der Waals surface area contributed by atoms with Crippen molar-refractivity contribution in [1.82, 2.24) is 4.90 Å². The van der Waals surface area contributed by atoms with E-state index >= 15 is 0 Å². The van der Waals surface area contributed by atoms with Crippen molar-refractivity contribution in [2.75, 3.05) is 31.6 Å². The van der Waals surface area contributed by atoms with Gasteiger partial charge in [0.1, 0.15) is 30.6 Å². The first-order chi connectivity index (χ1) is 14.2. The van der Waals surface area contributed by atoms with Crippen LogP contribution in [0.25, 0.3) is 0 Å². The van der Waals surface area contributed by atoms with E-state index < -0.39 is 0 Å². The molecule has 1 atom stereocenters. The number of ether oxygens (including phenoxy) is 1. The van der Waals surface area contributed by atoms with Crippen molar-refractivity contribution in [3.8, 4) is 12.1 Å². The molecule has 0 amide bonds. The van der Waals surface area contributed by atoms with Crippen LogP contribution in [0.15, 0.2) is 66.0 Å². The number of rotatable bonds is 7. The lowest BCUT2D eigenvalue weighted by atomic mass is 10.2. The van der Waals surface area contributed by atoms with Gasteiger partial charge in [0, 0.05) is 25.3 Å². The molecule has 0 bridgehead atoms. The van der Waals surface area contributed by atoms with Gasteiger partial charge in [0.2, 0.25) is 11.4 Å². The summed E-state index contributed by atoms with van der Waals surface area (Å²) < 4.78 is 19.0. The third kappa shape index (κ3) is 6.13. The van der Waals surface area contributed by atoms with Crippen LogP contribution in [-0.2, 0) is 11.3 Å². The SMILES string of the molecule is N#CC(C#N)=C(Nc1ccccc1)[NH2+]CC1CN(Cc2ccc(F)cc2)CCO1. The predicted molar refractivity (Wildman–Crippen MR) is 107 cm³/mol. The highest BCUT2D eigenvalue weighted by Crippen LogP contribution is 2.11. The van der Waals surface area contributed by atoms with Gasteiger partial charge in [-0.3, -0.25) is 10.2 Å². The van der Waals surface area contributed by atoms with Gasteiger partial charge in [-0.2, -0.15) is 10.5 Å². The van der Waals surface area contributed by atoms with Crippen molar-refractivity contribution in [3.63, 3.8) is 0 Å². The Labute approximate surface area is 169 Å². The summed E-state index contributed by atoms with van der Waals surface area (Å²) in [7, 11) is 0. The van der Waals surface area contributed by atoms with Gasteiger partial charge < -0.3 is 10.1 Å². The second-order valence-electron chi connectivity index (χ2n) is 6.80. The zero-order valence-corrected chi connectivity index (χ0v) is 16.0. The first-order valence-corrected chi connectivity index (χ1v) is 9.46. The molecule has 2 aromatic carbocycles. The van der Waals surface area contributed by atoms with Gasteiger partial charge in [0.15, 0.2) is 0 Å². The van der Waals surface area contributed by atoms with Crippen LogP contribution in [-0.4, -0.2) is 37.2 Å². The number of nitrogens with two attached hydrogens (primary N) is 1. The van der Waals surface area contributed by atoms with Crippen LogP contribution < -0.4 is 10.6 Å². The average molecular weight is 392 g/mol. The second-order valence-corrected chi connectivity index (χ2v) is 6.80. The van der Waals surface area contributed by atoms with Gasteiger partial charge in [-0.05, 0) is 29.8 Å². The number of benzene rings is 2. The van der Waals surface area contributed by atoms with Crippen molar-refractivity contribution >= 4 is 5.69 Å². The monoisotopic (exact) mass is 392 g/mol. The highest BCUT2D eigenvalue weighted by atomic mass is 19.1. The molecule has 7 heteroatoms. The van der Waals surface area contributed by atoms with Crippen LogP contribution in [0.1, 0.15) is 5.56 Å². The Bertz CT molecular complexity index is 899. The number of allylic oxidation sites excluding steroid dienone is 1. The van der Waals surface area contributed by atoms with E-state index in [0.29, 0.717) is 19.0 Å². The molecule has 2 aromatic rings. The molecule has 1 aliphatic heterocycles. The van der Waals surface area contributed by atoms with Crippen LogP contribution in [0.5, 0.6) is 0 Å². The molecule has 0 aliphatic carbocycles. The highest BCUT2D eigenvalue weighted by molar-refractivity contribution is 5.51. The Balaban J connectivity index is 1.60. The van der Waals surface area contributed by atoms with E-state index in [1.54, 1.807) is 12.1 Å². The fourth-order valence-electron chi connectivity index (χ4n) is 3.20. The summed E-state index contributed by atoms with van der Waals surface area (Å²) in [6.45, 7) is 3.43. The molecule has 3 rings (SSSR count). The minimum absolute atomic E-state index is 0.0350. The molecule has 0 radical (unpaired) electrons. The fraction of sp³-hybridized carbons (Fsp3) is 0.273. The maximum Gasteiger partial charge on any atom is 0.231 e. The molecular formula is C22H23FN5O+. The molecule has 1 fully saturated rings. The van der Waals surface area contributed by atoms with Gasteiger partial charge in [-0.15, -0.1) is 0 Å². The molecular weight excluding hydrogens is 369 g/mol. The molecule has 0 aromatic heterocycles. The molecule has 148 valence electrons. The summed E-state index contributed by atoms with van der Waals surface area (Å²) in [5, 5.41) is 23.6. The van der Waals surface area contributed by atoms with Crippen LogP contribution in [0.3, 0.4) is 0 Å². The molecule has 29 heavy (non-hydrogen) atoms. The first kappa shape index (κ1) is 20.5. The first-order valence-electron chi connectivity index (χ1n) is 9.46. The van der Waals surface area contributed by atoms with Gasteiger partial charge in [-0.25, -0.2) is 4.39 Å². The fourth-order valence-corrected chi connectivity index (χ4v) is 3.20. The molecule has 1 saturated heterocycles. The Morgan fingerprint density at radius 3 is 2.55 bits per heavy atom. The summed E-state index contributed by atoms with van der Waals surface area (Å²) in [5.74, 6) is 0.250. The standard InChI is InChI=1S/C22H22FN5O/c23-19-8-6-17(7-9-19)15-28-10-11-29-21(16-28)14-26-22(18(12-24)13-25)27-20-4-2-1-3-5-20/h1-9,21,26-27H,10-11,14-16H2/p+1. The Morgan fingerprint density at radius 1 is 1.14 bits per heavy atom. The highest BCUT2D eigenvalue weighted by Gasteiger charge is 2.23. The average Bonchev–Trinajstić information content (AvgIpc) is 2.75. The van der Waals surface area contributed by atoms with E-state index in [2.05, 4.69) is 10.2 Å². The van der Waals surface area contributed by atoms with Crippen LogP contribution in [0.2, 0.25) is 0 Å². The zero-order chi connectivity index (χ0) is 20.5. The lowest BCUT2D eigenvalue weighted by Crippen LogP contribution is -2.87. The number of nitrogens with one attached hydrogen (secondary N) is 1. The van der Waals surface area contributed by atoms with Crippen molar-refractivity contribution in [2.24, 2.45) is 0 Å². The zero-order valence-electron chi connectivity index (χ0n) is 16.0. The Kier molecular flexibility index (Phi) is 7.32. The molecule has 3 N–H and O–H groups in total. The molecule has 0 spiro atoms. The smallest absolute Gasteiger partial charge is 0.231 e. The van der Waals surface area contributed by atoms with E-state index in [1.807, 2.05) is 47.8 Å². The van der Waals surface area contributed by atoms with Gasteiger partial charge in [0.25, 0.3) is 0 Å². The Hall–Kier alpha value is -3.23. The maximum absolute atomic E-state index is 13.1. The lowest BCUT2D eigenvalue weighted by Gasteiger charge is -2.32. The van der Waals surface area contributed by atoms with Crippen molar-refractivity contribution < 1.29 is 14.4 Å². The topological polar surface area (TPSA) is 88.7 Å². The minimum Gasteiger partial charge on any atom is -0.370 e. The molecule has 1 aliphatic rings. The quantitative estimate of drug-likeness (QED) is 0.704. The van der Waals surface area contributed by atoms with E-state index in [9.17, 15) is 14.9 Å². The molecule has 1 unspecified atom stereocenters. The van der Waals surface area contributed by atoms with Crippen LogP contribution in [0.4, 0.5) is 10.1 Å². The van der Waals surface area contributed by atoms with Crippen molar-refractivity contribution in [2.45, 2.75) is 12.6 Å². The van der Waals surface area contributed by atoms with Gasteiger partial charge in [-0.1, -0.05) is 30.3 Å². The third-order valence-electron chi connectivity index (χ3n) is 4.67. The maximum atomic E-state index is 13.1. The Morgan fingerprint density at radius 2 is 1.86 bits per heavy atom. The summed E-state index contributed by atoms with van der Waals surface area (Å²) in [4.78, 5) is 2.26. The van der Waals surface area contributed by atoms with Crippen molar-refractivity contribution in [1.29, 1.82) is 10.5 Å².